The summed E-state index contributed by atoms with van der Waals surface area (Å²) in [5, 5.41) is 5.77. The maximum atomic E-state index is 12.4. The number of hydrogen-bond donors (Lipinski definition) is 2. The van der Waals surface area contributed by atoms with Gasteiger partial charge in [-0.2, -0.15) is 0 Å². The third kappa shape index (κ3) is 4.82. The molecule has 3 aromatic rings. The van der Waals surface area contributed by atoms with E-state index in [-0.39, 0.29) is 11.8 Å². The maximum absolute atomic E-state index is 12.4. The normalized spacial score (nSPS) is 10.3. The van der Waals surface area contributed by atoms with Crippen LogP contribution in [0.2, 0.25) is 0 Å². The van der Waals surface area contributed by atoms with E-state index in [9.17, 15) is 9.59 Å². The summed E-state index contributed by atoms with van der Waals surface area (Å²) in [6.45, 7) is 4.36. The Morgan fingerprint density at radius 3 is 2.22 bits per heavy atom. The van der Waals surface area contributed by atoms with Gasteiger partial charge in [-0.3, -0.25) is 9.59 Å². The summed E-state index contributed by atoms with van der Waals surface area (Å²) in [6.07, 6.45) is 0. The first-order valence-corrected chi connectivity index (χ1v) is 8.84. The standard InChI is InChI=1S/C23H22N2O2/c1-16-11-12-20(13-17(16)2)22(26)24-15-18-7-6-8-19(14-18)23(27)25-21-9-4-3-5-10-21/h3-14H,15H2,1-2H3,(H,24,26)(H,25,27). The molecular formula is C23H22N2O2. The predicted octanol–water partition coefficient (Wildman–Crippen LogP) is 4.49. The Bertz CT molecular complexity index is 965. The number of amides is 2. The van der Waals surface area contributed by atoms with Gasteiger partial charge in [0.15, 0.2) is 0 Å². The lowest BCUT2D eigenvalue weighted by molar-refractivity contribution is 0.0950. The highest BCUT2D eigenvalue weighted by molar-refractivity contribution is 6.04. The van der Waals surface area contributed by atoms with Crippen LogP contribution in [-0.4, -0.2) is 11.8 Å². The van der Waals surface area contributed by atoms with Gasteiger partial charge >= 0.3 is 0 Å². The first kappa shape index (κ1) is 18.4. The third-order valence-corrected chi connectivity index (χ3v) is 4.44. The second-order valence-electron chi connectivity index (χ2n) is 6.50. The molecule has 0 aliphatic carbocycles. The molecule has 2 N–H and O–H groups in total. The van der Waals surface area contributed by atoms with Crippen LogP contribution in [-0.2, 0) is 6.54 Å². The minimum atomic E-state index is -0.177. The van der Waals surface area contributed by atoms with Crippen molar-refractivity contribution < 1.29 is 9.59 Å². The average Bonchev–Trinajstić information content (AvgIpc) is 2.69. The third-order valence-electron chi connectivity index (χ3n) is 4.44. The Morgan fingerprint density at radius 1 is 0.741 bits per heavy atom. The summed E-state index contributed by atoms with van der Waals surface area (Å²) in [5.41, 5.74) is 5.04. The molecule has 0 radical (unpaired) electrons. The van der Waals surface area contributed by atoms with Gasteiger partial charge in [0.1, 0.15) is 0 Å². The molecule has 0 heterocycles. The quantitative estimate of drug-likeness (QED) is 0.706. The molecule has 4 heteroatoms. The first-order chi connectivity index (χ1) is 13.0. The Labute approximate surface area is 159 Å². The van der Waals surface area contributed by atoms with Crippen LogP contribution in [0.5, 0.6) is 0 Å². The second kappa shape index (κ2) is 8.32. The van der Waals surface area contributed by atoms with E-state index in [0.29, 0.717) is 17.7 Å². The predicted molar refractivity (Wildman–Crippen MR) is 108 cm³/mol. The number of benzene rings is 3. The van der Waals surface area contributed by atoms with Crippen LogP contribution in [0.3, 0.4) is 0 Å². The Kier molecular flexibility index (Phi) is 5.67. The van der Waals surface area contributed by atoms with Crippen molar-refractivity contribution in [2.45, 2.75) is 20.4 Å². The molecule has 27 heavy (non-hydrogen) atoms. The van der Waals surface area contributed by atoms with Crippen LogP contribution in [0.25, 0.3) is 0 Å². The molecule has 0 bridgehead atoms. The molecule has 0 saturated heterocycles. The molecule has 2 amide bonds. The zero-order valence-corrected chi connectivity index (χ0v) is 15.5. The van der Waals surface area contributed by atoms with Gasteiger partial charge in [-0.25, -0.2) is 0 Å². The monoisotopic (exact) mass is 358 g/mol. The molecule has 0 unspecified atom stereocenters. The number of carbonyl (C=O) groups is 2. The molecule has 4 nitrogen and oxygen atoms in total. The number of para-hydroxylation sites is 1. The van der Waals surface area contributed by atoms with Crippen molar-refractivity contribution in [3.8, 4) is 0 Å². The molecule has 0 aliphatic heterocycles. The van der Waals surface area contributed by atoms with Gasteiger partial charge in [-0.05, 0) is 66.9 Å². The number of nitrogens with one attached hydrogen (secondary N) is 2. The highest BCUT2D eigenvalue weighted by atomic mass is 16.2. The van der Waals surface area contributed by atoms with Gasteiger partial charge in [-0.15, -0.1) is 0 Å². The van der Waals surface area contributed by atoms with Gasteiger partial charge in [0.25, 0.3) is 11.8 Å². The summed E-state index contributed by atoms with van der Waals surface area (Å²) in [7, 11) is 0. The molecular weight excluding hydrogens is 336 g/mol. The van der Waals surface area contributed by atoms with Gasteiger partial charge in [-0.1, -0.05) is 36.4 Å². The fourth-order valence-electron chi connectivity index (χ4n) is 2.71. The Hall–Kier alpha value is -3.40. The molecule has 0 saturated carbocycles. The summed E-state index contributed by atoms with van der Waals surface area (Å²) < 4.78 is 0. The smallest absolute Gasteiger partial charge is 0.255 e. The molecule has 3 rings (SSSR count). The summed E-state index contributed by atoms with van der Waals surface area (Å²) >= 11 is 0. The fourth-order valence-corrected chi connectivity index (χ4v) is 2.71. The highest BCUT2D eigenvalue weighted by Crippen LogP contribution is 2.12. The minimum Gasteiger partial charge on any atom is -0.348 e. The van der Waals surface area contributed by atoms with Crippen molar-refractivity contribution in [3.63, 3.8) is 0 Å². The molecule has 136 valence electrons. The van der Waals surface area contributed by atoms with Crippen LogP contribution < -0.4 is 10.6 Å². The van der Waals surface area contributed by atoms with Crippen molar-refractivity contribution in [2.75, 3.05) is 5.32 Å². The van der Waals surface area contributed by atoms with Crippen LogP contribution in [0.4, 0.5) is 5.69 Å². The van der Waals surface area contributed by atoms with Crippen molar-refractivity contribution in [3.05, 3.63) is 101 Å². The number of hydrogen-bond acceptors (Lipinski definition) is 2. The molecule has 3 aromatic carbocycles. The van der Waals surface area contributed by atoms with Crippen LogP contribution in [0.1, 0.15) is 37.4 Å². The minimum absolute atomic E-state index is 0.128. The summed E-state index contributed by atoms with van der Waals surface area (Å²) in [6, 6.07) is 22.2. The largest absolute Gasteiger partial charge is 0.348 e. The van der Waals surface area contributed by atoms with E-state index in [0.717, 1.165) is 22.4 Å². The first-order valence-electron chi connectivity index (χ1n) is 8.84. The van der Waals surface area contributed by atoms with Gasteiger partial charge in [0, 0.05) is 23.4 Å². The molecule has 0 aliphatic rings. The van der Waals surface area contributed by atoms with Crippen molar-refractivity contribution in [1.29, 1.82) is 0 Å². The van der Waals surface area contributed by atoms with Crippen molar-refractivity contribution >= 4 is 17.5 Å². The van der Waals surface area contributed by atoms with Crippen molar-refractivity contribution in [2.24, 2.45) is 0 Å². The number of anilines is 1. The molecule has 0 fully saturated rings. The van der Waals surface area contributed by atoms with E-state index >= 15 is 0 Å². The Balaban J connectivity index is 1.64. The summed E-state index contributed by atoms with van der Waals surface area (Å²) in [4.78, 5) is 24.7. The van der Waals surface area contributed by atoms with E-state index < -0.39 is 0 Å². The van der Waals surface area contributed by atoms with Crippen LogP contribution in [0.15, 0.2) is 72.8 Å². The molecule has 0 atom stereocenters. The van der Waals surface area contributed by atoms with E-state index in [1.54, 1.807) is 12.1 Å². The van der Waals surface area contributed by atoms with Gasteiger partial charge < -0.3 is 10.6 Å². The topological polar surface area (TPSA) is 58.2 Å². The van der Waals surface area contributed by atoms with Gasteiger partial charge in [0.2, 0.25) is 0 Å². The molecule has 0 spiro atoms. The second-order valence-corrected chi connectivity index (χ2v) is 6.50. The number of carbonyl (C=O) groups excluding carboxylic acids is 2. The maximum Gasteiger partial charge on any atom is 0.255 e. The van der Waals surface area contributed by atoms with Crippen molar-refractivity contribution in [1.82, 2.24) is 5.32 Å². The average molecular weight is 358 g/mol. The Morgan fingerprint density at radius 2 is 1.48 bits per heavy atom. The number of rotatable bonds is 5. The van der Waals surface area contributed by atoms with E-state index in [4.69, 9.17) is 0 Å². The number of aryl methyl sites for hydroxylation is 2. The van der Waals surface area contributed by atoms with Gasteiger partial charge in [0.05, 0.1) is 0 Å². The lowest BCUT2D eigenvalue weighted by atomic mass is 10.1. The highest BCUT2D eigenvalue weighted by Gasteiger charge is 2.09. The SMILES string of the molecule is Cc1ccc(C(=O)NCc2cccc(C(=O)Nc3ccccc3)c2)cc1C. The zero-order chi connectivity index (χ0) is 19.2. The summed E-state index contributed by atoms with van der Waals surface area (Å²) in [5.74, 6) is -0.305. The lowest BCUT2D eigenvalue weighted by Gasteiger charge is -2.09. The van der Waals surface area contributed by atoms with E-state index in [1.165, 1.54) is 0 Å². The van der Waals surface area contributed by atoms with E-state index in [1.807, 2.05) is 74.5 Å². The zero-order valence-electron chi connectivity index (χ0n) is 15.5. The van der Waals surface area contributed by atoms with E-state index in [2.05, 4.69) is 10.6 Å². The van der Waals surface area contributed by atoms with Crippen LogP contribution >= 0.6 is 0 Å². The fraction of sp³-hybridized carbons (Fsp3) is 0.130. The van der Waals surface area contributed by atoms with Crippen LogP contribution in [0, 0.1) is 13.8 Å². The lowest BCUT2D eigenvalue weighted by Crippen LogP contribution is -2.23. The molecule has 0 aromatic heterocycles.